The monoisotopic (exact) mass is 613 g/mol. The van der Waals surface area contributed by atoms with Crippen LogP contribution in [0.15, 0.2) is 72.8 Å². The lowest BCUT2D eigenvalue weighted by atomic mass is 9.77. The zero-order chi connectivity index (χ0) is 31.7. The predicted octanol–water partition coefficient (Wildman–Crippen LogP) is 2.92. The molecular formula is C35H39N3O7. The maximum Gasteiger partial charge on any atom is 0.313 e. The molecule has 3 amide bonds. The lowest BCUT2D eigenvalue weighted by Crippen LogP contribution is -2.55. The minimum Gasteiger partial charge on any atom is -0.455 e. The molecule has 0 aliphatic carbocycles. The fourth-order valence-electron chi connectivity index (χ4n) is 7.11. The summed E-state index contributed by atoms with van der Waals surface area (Å²) in [5.74, 6) is -3.58. The number of amides is 3. The Hall–Kier alpha value is -4.28. The highest BCUT2D eigenvalue weighted by atomic mass is 16.6. The van der Waals surface area contributed by atoms with Gasteiger partial charge in [-0.2, -0.15) is 0 Å². The fourth-order valence-corrected chi connectivity index (χ4v) is 7.11. The van der Waals surface area contributed by atoms with Crippen LogP contribution in [0.25, 0.3) is 0 Å². The van der Waals surface area contributed by atoms with Gasteiger partial charge in [0, 0.05) is 31.8 Å². The van der Waals surface area contributed by atoms with Crippen molar-refractivity contribution in [3.8, 4) is 0 Å². The Balaban J connectivity index is 1.43. The summed E-state index contributed by atoms with van der Waals surface area (Å²) in [5, 5.41) is 12.6. The van der Waals surface area contributed by atoms with Gasteiger partial charge in [0.15, 0.2) is 0 Å². The molecule has 10 heteroatoms. The highest BCUT2D eigenvalue weighted by Crippen LogP contribution is 2.53. The van der Waals surface area contributed by atoms with E-state index < -0.39 is 41.7 Å². The van der Waals surface area contributed by atoms with Crippen molar-refractivity contribution in [3.63, 3.8) is 0 Å². The van der Waals surface area contributed by atoms with E-state index in [-0.39, 0.29) is 56.8 Å². The zero-order valence-electron chi connectivity index (χ0n) is 25.6. The Morgan fingerprint density at radius 1 is 1.02 bits per heavy atom. The number of ether oxygens (including phenoxy) is 2. The molecule has 2 fully saturated rings. The number of aliphatic hydroxyl groups excluding tert-OH is 1. The fraction of sp³-hybridized carbons (Fsp3) is 0.429. The molecule has 236 valence electrons. The summed E-state index contributed by atoms with van der Waals surface area (Å²) in [6.45, 7) is 4.20. The average molecular weight is 614 g/mol. The second-order valence-corrected chi connectivity index (χ2v) is 12.2. The second kappa shape index (κ2) is 12.6. The van der Waals surface area contributed by atoms with Gasteiger partial charge in [-0.05, 0) is 49.4 Å². The number of carbonyl (C=O) groups excluding carboxylic acids is 4. The van der Waals surface area contributed by atoms with Crippen LogP contribution in [0.3, 0.4) is 0 Å². The molecule has 0 aromatic heterocycles. The van der Waals surface area contributed by atoms with Crippen LogP contribution in [0.1, 0.15) is 42.1 Å². The first-order chi connectivity index (χ1) is 21.7. The van der Waals surface area contributed by atoms with Gasteiger partial charge in [0.2, 0.25) is 11.8 Å². The summed E-state index contributed by atoms with van der Waals surface area (Å²) < 4.78 is 12.8. The van der Waals surface area contributed by atoms with Crippen molar-refractivity contribution in [3.05, 3.63) is 89.5 Å². The Kier molecular flexibility index (Phi) is 8.61. The van der Waals surface area contributed by atoms with Crippen LogP contribution in [-0.2, 0) is 28.7 Å². The number of carbonyl (C=O) groups is 4. The normalized spacial score (nSPS) is 30.8. The van der Waals surface area contributed by atoms with E-state index in [0.717, 1.165) is 16.8 Å². The molecule has 1 spiro atoms. The van der Waals surface area contributed by atoms with Gasteiger partial charge in [0.05, 0.1) is 18.6 Å². The number of aryl methyl sites for hydroxylation is 2. The molecule has 0 bridgehead atoms. The van der Waals surface area contributed by atoms with Crippen LogP contribution < -0.4 is 10.2 Å². The number of likely N-dealkylation sites (tertiary alicyclic amines) is 1. The molecule has 45 heavy (non-hydrogen) atoms. The molecule has 0 saturated carbocycles. The maximum atomic E-state index is 14.6. The highest BCUT2D eigenvalue weighted by Gasteiger charge is 2.71. The summed E-state index contributed by atoms with van der Waals surface area (Å²) in [6, 6.07) is 14.0. The number of nitrogens with one attached hydrogen (secondary N) is 1. The highest BCUT2D eigenvalue weighted by molar-refractivity contribution is 6.06. The van der Waals surface area contributed by atoms with Crippen LogP contribution in [0.2, 0.25) is 0 Å². The van der Waals surface area contributed by atoms with E-state index in [2.05, 4.69) is 5.32 Å². The SMILES string of the molecule is Cc1ccc(C)c(N2CC=C[C@@]34O[C@H]5/C=C\CCC(=O)NC[C@H](c6ccccc6)OC(=O)[C@H]5[C@@H]3C(=O)N(CCCO)[C@H]4C2=O)c1. The van der Waals surface area contributed by atoms with E-state index in [0.29, 0.717) is 12.0 Å². The minimum atomic E-state index is -1.44. The predicted molar refractivity (Wildman–Crippen MR) is 166 cm³/mol. The molecule has 4 heterocycles. The van der Waals surface area contributed by atoms with Gasteiger partial charge in [-0.15, -0.1) is 0 Å². The summed E-state index contributed by atoms with van der Waals surface area (Å²) in [6.07, 6.45) is 6.39. The molecular weight excluding hydrogens is 574 g/mol. The number of anilines is 1. The Bertz CT molecular complexity index is 1540. The van der Waals surface area contributed by atoms with E-state index >= 15 is 0 Å². The topological polar surface area (TPSA) is 125 Å². The van der Waals surface area contributed by atoms with Crippen molar-refractivity contribution in [2.24, 2.45) is 11.8 Å². The molecule has 2 aromatic rings. The number of nitrogens with zero attached hydrogens (tertiary/aromatic N) is 2. The lowest BCUT2D eigenvalue weighted by Gasteiger charge is -2.35. The number of cyclic esters (lactones) is 1. The van der Waals surface area contributed by atoms with E-state index in [9.17, 15) is 24.3 Å². The molecule has 0 radical (unpaired) electrons. The number of allylic oxidation sites excluding steroid dienone is 1. The molecule has 6 atom stereocenters. The first-order valence-corrected chi connectivity index (χ1v) is 15.6. The van der Waals surface area contributed by atoms with Crippen molar-refractivity contribution in [2.75, 3.05) is 31.1 Å². The zero-order valence-corrected chi connectivity index (χ0v) is 25.6. The van der Waals surface area contributed by atoms with Gasteiger partial charge in [0.25, 0.3) is 5.91 Å². The molecule has 4 aliphatic rings. The van der Waals surface area contributed by atoms with Gasteiger partial charge in [-0.1, -0.05) is 66.8 Å². The van der Waals surface area contributed by atoms with Gasteiger partial charge in [-0.3, -0.25) is 19.2 Å². The van der Waals surface area contributed by atoms with Crippen molar-refractivity contribution in [2.45, 2.75) is 57.0 Å². The number of fused-ring (bicyclic) bond motifs is 2. The van der Waals surface area contributed by atoms with Gasteiger partial charge in [0.1, 0.15) is 23.7 Å². The first-order valence-electron chi connectivity index (χ1n) is 15.6. The molecule has 6 rings (SSSR count). The Labute approximate surface area is 262 Å². The number of esters is 1. The minimum absolute atomic E-state index is 0.0781. The molecule has 10 nitrogen and oxygen atoms in total. The summed E-state index contributed by atoms with van der Waals surface area (Å²) in [4.78, 5) is 58.9. The maximum absolute atomic E-state index is 14.6. The Morgan fingerprint density at radius 3 is 2.60 bits per heavy atom. The van der Waals surface area contributed by atoms with Crippen LogP contribution >= 0.6 is 0 Å². The average Bonchev–Trinajstić information content (AvgIpc) is 3.41. The third-order valence-corrected chi connectivity index (χ3v) is 9.26. The molecule has 2 N–H and O–H groups in total. The van der Waals surface area contributed by atoms with E-state index in [1.165, 1.54) is 4.90 Å². The molecule has 4 aliphatic heterocycles. The number of rotatable bonds is 5. The molecule has 0 unspecified atom stereocenters. The second-order valence-electron chi connectivity index (χ2n) is 12.2. The van der Waals surface area contributed by atoms with Crippen molar-refractivity contribution in [1.29, 1.82) is 0 Å². The van der Waals surface area contributed by atoms with Crippen LogP contribution in [0.5, 0.6) is 0 Å². The largest absolute Gasteiger partial charge is 0.455 e. The van der Waals surface area contributed by atoms with E-state index in [1.54, 1.807) is 23.1 Å². The smallest absolute Gasteiger partial charge is 0.313 e. The molecule has 2 aromatic carbocycles. The number of hydrogen-bond donors (Lipinski definition) is 2. The van der Waals surface area contributed by atoms with Crippen molar-refractivity contribution in [1.82, 2.24) is 10.2 Å². The summed E-state index contributed by atoms with van der Waals surface area (Å²) in [5.41, 5.74) is 1.92. The van der Waals surface area contributed by atoms with Crippen molar-refractivity contribution >= 4 is 29.4 Å². The number of aliphatic hydroxyl groups is 1. The standard InChI is InChI=1S/C35H39N3O7/c1-22-14-15-23(2)25(20-22)37-17-8-16-35-30(32(41)38(18-9-19-39)31(35)33(37)42)29-26(45-35)12-6-7-13-28(40)36-21-27(44-34(29)43)24-10-4-3-5-11-24/h3-6,8,10-12,14-16,20,26-27,29-31,39H,7,9,13,17-19,21H2,1-2H3,(H,36,40)/b12-6-/t26-,27+,29+,30+,31-,35+/m0/s1. The van der Waals surface area contributed by atoms with E-state index in [4.69, 9.17) is 9.47 Å². The van der Waals surface area contributed by atoms with Gasteiger partial charge < -0.3 is 29.7 Å². The van der Waals surface area contributed by atoms with Crippen LogP contribution in [-0.4, -0.2) is 77.7 Å². The number of hydrogen-bond acceptors (Lipinski definition) is 7. The molecule has 2 saturated heterocycles. The van der Waals surface area contributed by atoms with Crippen LogP contribution in [0, 0.1) is 25.7 Å². The third kappa shape index (κ3) is 5.57. The quantitative estimate of drug-likeness (QED) is 0.393. The van der Waals surface area contributed by atoms with Gasteiger partial charge in [-0.25, -0.2) is 0 Å². The first kappa shape index (κ1) is 30.7. The van der Waals surface area contributed by atoms with E-state index in [1.807, 2.05) is 68.5 Å². The van der Waals surface area contributed by atoms with Gasteiger partial charge >= 0.3 is 5.97 Å². The van der Waals surface area contributed by atoms with Crippen molar-refractivity contribution < 1.29 is 33.8 Å². The lowest BCUT2D eigenvalue weighted by molar-refractivity contribution is -0.159. The summed E-state index contributed by atoms with van der Waals surface area (Å²) >= 11 is 0. The number of benzene rings is 2. The third-order valence-electron chi connectivity index (χ3n) is 9.26. The Morgan fingerprint density at radius 2 is 1.82 bits per heavy atom. The van der Waals surface area contributed by atoms with Crippen LogP contribution in [0.4, 0.5) is 5.69 Å². The summed E-state index contributed by atoms with van der Waals surface area (Å²) in [7, 11) is 0.